The molecule has 14 heavy (non-hydrogen) atoms. The Balaban J connectivity index is 2.71. The maximum Gasteiger partial charge on any atom is 0.0494 e. The fourth-order valence-corrected chi connectivity index (χ4v) is 2.50. The lowest BCUT2D eigenvalue weighted by atomic mass is 10.2. The number of nitrogens with zero attached hydrogens (tertiary/aromatic N) is 1. The molecule has 0 aliphatic carbocycles. The Labute approximate surface area is 91.8 Å². The Morgan fingerprint density at radius 2 is 2.21 bits per heavy atom. The van der Waals surface area contributed by atoms with E-state index in [4.69, 9.17) is 5.73 Å². The van der Waals surface area contributed by atoms with Crippen LogP contribution in [0.25, 0.3) is 10.9 Å². The fourth-order valence-electron chi connectivity index (χ4n) is 1.83. The van der Waals surface area contributed by atoms with Crippen LogP contribution in [0.5, 0.6) is 0 Å². The summed E-state index contributed by atoms with van der Waals surface area (Å²) in [4.78, 5) is 0. The molecule has 0 atom stereocenters. The normalized spacial score (nSPS) is 11.1. The molecule has 74 valence electrons. The fraction of sp³-hybridized carbons (Fsp3) is 0.273. The quantitative estimate of drug-likeness (QED) is 0.876. The Kier molecular flexibility index (Phi) is 2.61. The highest BCUT2D eigenvalue weighted by atomic mass is 79.9. The maximum atomic E-state index is 5.57. The summed E-state index contributed by atoms with van der Waals surface area (Å²) in [6.45, 7) is 3.68. The molecule has 2 N–H and O–H groups in total. The van der Waals surface area contributed by atoms with Gasteiger partial charge < -0.3 is 10.3 Å². The Morgan fingerprint density at radius 1 is 1.43 bits per heavy atom. The van der Waals surface area contributed by atoms with Crippen LogP contribution in [0.2, 0.25) is 0 Å². The predicted octanol–water partition coefficient (Wildman–Crippen LogP) is 2.67. The Bertz CT molecular complexity index is 460. The van der Waals surface area contributed by atoms with Crippen LogP contribution in [-0.4, -0.2) is 11.1 Å². The molecule has 3 heteroatoms. The van der Waals surface area contributed by atoms with Crippen LogP contribution in [0.4, 0.5) is 0 Å². The molecule has 0 saturated heterocycles. The van der Waals surface area contributed by atoms with Crippen molar-refractivity contribution in [3.05, 3.63) is 34.4 Å². The molecule has 2 nitrogen and oxygen atoms in total. The van der Waals surface area contributed by atoms with E-state index >= 15 is 0 Å². The molecule has 1 heterocycles. The van der Waals surface area contributed by atoms with Gasteiger partial charge >= 0.3 is 0 Å². The molecule has 0 unspecified atom stereocenters. The molecule has 0 saturated carbocycles. The second-order valence-electron chi connectivity index (χ2n) is 3.43. The number of aromatic nitrogens is 1. The van der Waals surface area contributed by atoms with Gasteiger partial charge in [0.2, 0.25) is 0 Å². The van der Waals surface area contributed by atoms with Crippen molar-refractivity contribution in [2.45, 2.75) is 13.5 Å². The van der Waals surface area contributed by atoms with E-state index in [1.165, 1.54) is 16.5 Å². The van der Waals surface area contributed by atoms with Crippen molar-refractivity contribution in [3.8, 4) is 0 Å². The van der Waals surface area contributed by atoms with Crippen molar-refractivity contribution >= 4 is 26.8 Å². The van der Waals surface area contributed by atoms with Crippen molar-refractivity contribution < 1.29 is 0 Å². The number of aryl methyl sites for hydroxylation is 1. The number of hydrogen-bond donors (Lipinski definition) is 1. The monoisotopic (exact) mass is 252 g/mol. The summed E-state index contributed by atoms with van der Waals surface area (Å²) in [5, 5.41) is 1.29. The first-order chi connectivity index (χ1) is 6.74. The van der Waals surface area contributed by atoms with Crippen LogP contribution in [0.3, 0.4) is 0 Å². The zero-order valence-corrected chi connectivity index (χ0v) is 9.71. The molecule has 2 aromatic rings. The lowest BCUT2D eigenvalue weighted by Crippen LogP contribution is -2.08. The van der Waals surface area contributed by atoms with Crippen molar-refractivity contribution in [1.29, 1.82) is 0 Å². The van der Waals surface area contributed by atoms with E-state index in [0.29, 0.717) is 6.54 Å². The minimum atomic E-state index is 0.676. The van der Waals surface area contributed by atoms with E-state index in [1.54, 1.807) is 0 Å². The molecule has 0 radical (unpaired) electrons. The third kappa shape index (κ3) is 1.47. The van der Waals surface area contributed by atoms with E-state index in [1.807, 2.05) is 0 Å². The van der Waals surface area contributed by atoms with E-state index < -0.39 is 0 Å². The van der Waals surface area contributed by atoms with E-state index in [0.717, 1.165) is 11.0 Å². The van der Waals surface area contributed by atoms with Gasteiger partial charge in [-0.05, 0) is 24.6 Å². The highest BCUT2D eigenvalue weighted by molar-refractivity contribution is 9.10. The van der Waals surface area contributed by atoms with Crippen LogP contribution in [-0.2, 0) is 6.54 Å². The second kappa shape index (κ2) is 3.75. The van der Waals surface area contributed by atoms with Gasteiger partial charge in [0.1, 0.15) is 0 Å². The van der Waals surface area contributed by atoms with Gasteiger partial charge in [0, 0.05) is 34.7 Å². The standard InChI is InChI=1S/C11H13BrN2/c1-8-7-14(6-5-13)10-4-2-3-9(12)11(8)10/h2-4,7H,5-6,13H2,1H3. The highest BCUT2D eigenvalue weighted by Crippen LogP contribution is 2.28. The summed E-state index contributed by atoms with van der Waals surface area (Å²) in [5.74, 6) is 0. The first-order valence-electron chi connectivity index (χ1n) is 4.68. The number of benzene rings is 1. The number of halogens is 1. The zero-order chi connectivity index (χ0) is 10.1. The Morgan fingerprint density at radius 3 is 2.93 bits per heavy atom. The summed E-state index contributed by atoms with van der Waals surface area (Å²) in [7, 11) is 0. The van der Waals surface area contributed by atoms with E-state index in [2.05, 4.69) is 51.8 Å². The minimum Gasteiger partial charge on any atom is -0.346 e. The topological polar surface area (TPSA) is 30.9 Å². The Hall–Kier alpha value is -0.800. The van der Waals surface area contributed by atoms with Gasteiger partial charge in [0.15, 0.2) is 0 Å². The SMILES string of the molecule is Cc1cn(CCN)c2cccc(Br)c12. The summed E-state index contributed by atoms with van der Waals surface area (Å²) in [5.41, 5.74) is 8.11. The third-order valence-corrected chi connectivity index (χ3v) is 3.08. The molecular weight excluding hydrogens is 240 g/mol. The summed E-state index contributed by atoms with van der Waals surface area (Å²) < 4.78 is 3.36. The maximum absolute atomic E-state index is 5.57. The molecule has 0 amide bonds. The van der Waals surface area contributed by atoms with E-state index in [-0.39, 0.29) is 0 Å². The van der Waals surface area contributed by atoms with E-state index in [9.17, 15) is 0 Å². The number of rotatable bonds is 2. The lowest BCUT2D eigenvalue weighted by molar-refractivity contribution is 0.734. The van der Waals surface area contributed by atoms with Crippen LogP contribution in [0.1, 0.15) is 5.56 Å². The molecule has 1 aromatic heterocycles. The van der Waals surface area contributed by atoms with Crippen molar-refractivity contribution in [3.63, 3.8) is 0 Å². The minimum absolute atomic E-state index is 0.676. The predicted molar refractivity (Wildman–Crippen MR) is 63.4 cm³/mol. The third-order valence-electron chi connectivity index (χ3n) is 2.41. The van der Waals surface area contributed by atoms with Gasteiger partial charge in [-0.15, -0.1) is 0 Å². The van der Waals surface area contributed by atoms with Crippen LogP contribution >= 0.6 is 15.9 Å². The average molecular weight is 253 g/mol. The van der Waals surface area contributed by atoms with Gasteiger partial charge in [-0.2, -0.15) is 0 Å². The molecule has 0 spiro atoms. The molecule has 0 fully saturated rings. The molecular formula is C11H13BrN2. The smallest absolute Gasteiger partial charge is 0.0494 e. The van der Waals surface area contributed by atoms with Gasteiger partial charge in [-0.25, -0.2) is 0 Å². The number of hydrogen-bond acceptors (Lipinski definition) is 1. The van der Waals surface area contributed by atoms with Gasteiger partial charge in [-0.3, -0.25) is 0 Å². The molecule has 0 aliphatic heterocycles. The first kappa shape index (κ1) is 9.74. The summed E-state index contributed by atoms with van der Waals surface area (Å²) in [6, 6.07) is 6.25. The second-order valence-corrected chi connectivity index (χ2v) is 4.28. The molecule has 0 aliphatic rings. The van der Waals surface area contributed by atoms with Crippen molar-refractivity contribution in [2.75, 3.05) is 6.54 Å². The van der Waals surface area contributed by atoms with Gasteiger partial charge in [0.05, 0.1) is 0 Å². The summed E-state index contributed by atoms with van der Waals surface area (Å²) in [6.07, 6.45) is 2.16. The number of fused-ring (bicyclic) bond motifs is 1. The van der Waals surface area contributed by atoms with Gasteiger partial charge in [0.25, 0.3) is 0 Å². The first-order valence-corrected chi connectivity index (χ1v) is 5.47. The van der Waals surface area contributed by atoms with Crippen molar-refractivity contribution in [1.82, 2.24) is 4.57 Å². The largest absolute Gasteiger partial charge is 0.346 e. The summed E-state index contributed by atoms with van der Waals surface area (Å²) >= 11 is 3.57. The van der Waals surface area contributed by atoms with Crippen LogP contribution < -0.4 is 5.73 Å². The molecule has 1 aromatic carbocycles. The zero-order valence-electron chi connectivity index (χ0n) is 8.13. The van der Waals surface area contributed by atoms with Crippen LogP contribution in [0, 0.1) is 6.92 Å². The number of nitrogens with two attached hydrogens (primary N) is 1. The lowest BCUT2D eigenvalue weighted by Gasteiger charge is -2.02. The van der Waals surface area contributed by atoms with Crippen molar-refractivity contribution in [2.24, 2.45) is 5.73 Å². The van der Waals surface area contributed by atoms with Crippen LogP contribution in [0.15, 0.2) is 28.9 Å². The van der Waals surface area contributed by atoms with Gasteiger partial charge in [-0.1, -0.05) is 22.0 Å². The highest BCUT2D eigenvalue weighted by Gasteiger charge is 2.06. The average Bonchev–Trinajstić information content (AvgIpc) is 2.46. The molecule has 0 bridgehead atoms. The molecule has 2 rings (SSSR count).